The second kappa shape index (κ2) is 10.1. The average molecular weight is 557 g/mol. The number of carbonyl (C=O) groups excluding carboxylic acids is 1. The second-order valence-corrected chi connectivity index (χ2v) is 9.47. The highest BCUT2D eigenvalue weighted by Gasteiger charge is 2.65. The normalized spacial score (nSPS) is 24.3. The highest BCUT2D eigenvalue weighted by atomic mass is 19.4. The Hall–Kier alpha value is -2.80. The number of rotatable bonds is 4. The highest BCUT2D eigenvalue weighted by molar-refractivity contribution is 5.85. The van der Waals surface area contributed by atoms with Crippen molar-refractivity contribution in [2.45, 2.75) is 70.2 Å². The SMILES string of the molecule is CCC1C(Cc2ccccc2)C(C(F)(F)F)c2c(ccc(C(F)(F)F)c2C(F)(F)F)[N+]1(N)C(=O)OC(C)C. The molecule has 1 aliphatic heterocycles. The zero-order chi connectivity index (χ0) is 28.8. The Kier molecular flexibility index (Phi) is 7.88. The zero-order valence-electron chi connectivity index (χ0n) is 20.5. The maximum Gasteiger partial charge on any atom is 0.541 e. The van der Waals surface area contributed by atoms with Crippen LogP contribution in [-0.2, 0) is 23.5 Å². The molecule has 0 aliphatic carbocycles. The monoisotopic (exact) mass is 557 g/mol. The molecule has 13 heteroatoms. The molecule has 4 unspecified atom stereocenters. The van der Waals surface area contributed by atoms with Gasteiger partial charge in [-0.25, -0.2) is 0 Å². The van der Waals surface area contributed by atoms with E-state index in [4.69, 9.17) is 10.6 Å². The van der Waals surface area contributed by atoms with Crippen LogP contribution < -0.4 is 10.4 Å². The number of halogens is 9. The van der Waals surface area contributed by atoms with Crippen LogP contribution in [0, 0.1) is 5.92 Å². The van der Waals surface area contributed by atoms with Gasteiger partial charge in [-0.1, -0.05) is 37.3 Å². The van der Waals surface area contributed by atoms with E-state index in [1.165, 1.54) is 45.0 Å². The summed E-state index contributed by atoms with van der Waals surface area (Å²) in [5, 5.41) is 0. The smallest absolute Gasteiger partial charge is 0.416 e. The summed E-state index contributed by atoms with van der Waals surface area (Å²) in [7, 11) is 0. The van der Waals surface area contributed by atoms with Crippen molar-refractivity contribution in [3.05, 3.63) is 64.7 Å². The number of hydrogen-bond acceptors (Lipinski definition) is 3. The molecule has 2 aromatic carbocycles. The van der Waals surface area contributed by atoms with Gasteiger partial charge in [0.15, 0.2) is 5.69 Å². The van der Waals surface area contributed by atoms with Crippen molar-refractivity contribution in [2.75, 3.05) is 0 Å². The summed E-state index contributed by atoms with van der Waals surface area (Å²) < 4.78 is 132. The lowest BCUT2D eigenvalue weighted by atomic mass is 9.69. The third kappa shape index (κ3) is 5.35. The van der Waals surface area contributed by atoms with Gasteiger partial charge in [0, 0.05) is 17.5 Å². The molecule has 3 rings (SSSR count). The molecule has 0 fully saturated rings. The molecule has 38 heavy (non-hydrogen) atoms. The van der Waals surface area contributed by atoms with Gasteiger partial charge in [0.25, 0.3) is 0 Å². The van der Waals surface area contributed by atoms with E-state index in [1.807, 2.05) is 0 Å². The fourth-order valence-corrected chi connectivity index (χ4v) is 5.36. The van der Waals surface area contributed by atoms with Crippen molar-refractivity contribution in [3.63, 3.8) is 0 Å². The molecule has 0 bridgehead atoms. The van der Waals surface area contributed by atoms with Gasteiger partial charge in [0.05, 0.1) is 17.0 Å². The van der Waals surface area contributed by atoms with Gasteiger partial charge >= 0.3 is 24.6 Å². The Morgan fingerprint density at radius 2 is 1.53 bits per heavy atom. The number of hydrogen-bond donors (Lipinski definition) is 1. The van der Waals surface area contributed by atoms with Crippen LogP contribution in [0.1, 0.15) is 55.4 Å². The first kappa shape index (κ1) is 29.8. The lowest BCUT2D eigenvalue weighted by molar-refractivity contribution is -0.179. The quantitative estimate of drug-likeness (QED) is 0.181. The summed E-state index contributed by atoms with van der Waals surface area (Å²) in [6.07, 6.45) is -19.9. The summed E-state index contributed by atoms with van der Waals surface area (Å²) in [4.78, 5) is 13.3. The second-order valence-electron chi connectivity index (χ2n) is 9.47. The van der Waals surface area contributed by atoms with E-state index < -0.39 is 82.0 Å². The van der Waals surface area contributed by atoms with Crippen molar-refractivity contribution >= 4 is 11.8 Å². The predicted octanol–water partition coefficient (Wildman–Crippen LogP) is 7.75. The molecule has 210 valence electrons. The topological polar surface area (TPSA) is 52.3 Å². The third-order valence-corrected chi connectivity index (χ3v) is 6.69. The number of benzene rings is 2. The molecule has 0 saturated heterocycles. The van der Waals surface area contributed by atoms with Crippen molar-refractivity contribution in [3.8, 4) is 0 Å². The first-order valence-corrected chi connectivity index (χ1v) is 11.7. The summed E-state index contributed by atoms with van der Waals surface area (Å²) in [5.41, 5.74) is -7.28. The fraction of sp³-hybridized carbons (Fsp3) is 0.480. The molecule has 2 aromatic rings. The molecular weight excluding hydrogens is 531 g/mol. The first-order chi connectivity index (χ1) is 17.3. The van der Waals surface area contributed by atoms with E-state index >= 15 is 0 Å². The zero-order valence-corrected chi connectivity index (χ0v) is 20.5. The summed E-state index contributed by atoms with van der Waals surface area (Å²) in [6.45, 7) is 4.19. The lowest BCUT2D eigenvalue weighted by Crippen LogP contribution is -2.72. The van der Waals surface area contributed by atoms with Crippen LogP contribution in [0.4, 0.5) is 50.0 Å². The minimum Gasteiger partial charge on any atom is -0.416 e. The lowest BCUT2D eigenvalue weighted by Gasteiger charge is -2.48. The van der Waals surface area contributed by atoms with Crippen LogP contribution in [0.5, 0.6) is 0 Å². The minimum absolute atomic E-state index is 0.0157. The van der Waals surface area contributed by atoms with E-state index in [1.54, 1.807) is 6.07 Å². The maximum atomic E-state index is 14.7. The molecule has 1 aliphatic rings. The summed E-state index contributed by atoms with van der Waals surface area (Å²) in [5.74, 6) is 1.53. The van der Waals surface area contributed by atoms with Crippen molar-refractivity contribution < 1.29 is 49.0 Å². The van der Waals surface area contributed by atoms with E-state index in [2.05, 4.69) is 0 Å². The number of ether oxygens (including phenoxy) is 1. The van der Waals surface area contributed by atoms with E-state index in [0.29, 0.717) is 6.07 Å². The van der Waals surface area contributed by atoms with Crippen LogP contribution in [-0.4, -0.2) is 24.4 Å². The van der Waals surface area contributed by atoms with Crippen LogP contribution in [0.25, 0.3) is 0 Å². The minimum atomic E-state index is -5.86. The Balaban J connectivity index is 2.52. The van der Waals surface area contributed by atoms with Crippen molar-refractivity contribution in [1.82, 2.24) is 4.59 Å². The van der Waals surface area contributed by atoms with Gasteiger partial charge in [0.2, 0.25) is 0 Å². The number of amides is 1. The standard InChI is InChI=1S/C25H26F9N2O2/c1-4-17-15(12-14-8-6-5-7-9-14)20(24(29,30)31)19-18(36(17,35)22(37)38-13(2)3)11-10-16(23(26,27)28)21(19)25(32,33)34/h5-11,13,15,17,20H,4,12,35H2,1-3H3/q+1. The van der Waals surface area contributed by atoms with Crippen LogP contribution in [0.15, 0.2) is 42.5 Å². The number of alkyl halides is 9. The Bertz CT molecular complexity index is 1160. The maximum absolute atomic E-state index is 14.7. The Labute approximate surface area is 212 Å². The van der Waals surface area contributed by atoms with Crippen LogP contribution in [0.2, 0.25) is 0 Å². The predicted molar refractivity (Wildman–Crippen MR) is 121 cm³/mol. The number of nitrogens with zero attached hydrogens (tertiary/aromatic N) is 1. The van der Waals surface area contributed by atoms with Gasteiger partial charge in [-0.3, -0.25) is 0 Å². The van der Waals surface area contributed by atoms with Gasteiger partial charge < -0.3 is 4.74 Å². The van der Waals surface area contributed by atoms with Crippen LogP contribution >= 0.6 is 0 Å². The van der Waals surface area contributed by atoms with Crippen molar-refractivity contribution in [2.24, 2.45) is 11.8 Å². The third-order valence-electron chi connectivity index (χ3n) is 6.69. The van der Waals surface area contributed by atoms with E-state index in [-0.39, 0.29) is 18.1 Å². The molecular formula is C25H26F9N2O2+. The molecule has 4 nitrogen and oxygen atoms in total. The first-order valence-electron chi connectivity index (χ1n) is 11.7. The molecule has 4 atom stereocenters. The average Bonchev–Trinajstić information content (AvgIpc) is 2.76. The van der Waals surface area contributed by atoms with Gasteiger partial charge in [-0.15, -0.1) is 4.59 Å². The molecule has 0 radical (unpaired) electrons. The molecule has 0 saturated carbocycles. The Morgan fingerprint density at radius 3 is 1.97 bits per heavy atom. The molecule has 0 spiro atoms. The van der Waals surface area contributed by atoms with Gasteiger partial charge in [-0.05, 0) is 38.3 Å². The molecule has 2 N–H and O–H groups in total. The van der Waals surface area contributed by atoms with E-state index in [0.717, 1.165) is 0 Å². The van der Waals surface area contributed by atoms with Gasteiger partial charge in [0.1, 0.15) is 12.1 Å². The summed E-state index contributed by atoms with van der Waals surface area (Å²) >= 11 is 0. The van der Waals surface area contributed by atoms with E-state index in [9.17, 15) is 44.3 Å². The molecule has 1 heterocycles. The molecule has 0 aromatic heterocycles. The Morgan fingerprint density at radius 1 is 0.947 bits per heavy atom. The number of nitrogens with two attached hydrogens (primary N) is 1. The number of quaternary nitrogens is 1. The highest BCUT2D eigenvalue weighted by Crippen LogP contribution is 2.58. The molecule has 1 amide bonds. The van der Waals surface area contributed by atoms with Gasteiger partial charge in [-0.2, -0.15) is 50.2 Å². The largest absolute Gasteiger partial charge is 0.541 e. The number of fused-ring (bicyclic) bond motifs is 1. The fourth-order valence-electron chi connectivity index (χ4n) is 5.36. The number of carbonyl (C=O) groups is 1. The van der Waals surface area contributed by atoms with Crippen LogP contribution in [0.3, 0.4) is 0 Å². The van der Waals surface area contributed by atoms with Crippen molar-refractivity contribution in [1.29, 1.82) is 0 Å². The summed E-state index contributed by atoms with van der Waals surface area (Å²) in [6, 6.07) is 6.38.